The third-order valence-electron chi connectivity index (χ3n) is 10.1. The molecule has 344 valence electrons. The van der Waals surface area contributed by atoms with E-state index in [0.29, 0.717) is 24.2 Å². The average Bonchev–Trinajstić information content (AvgIpc) is 3.84. The molecule has 0 aliphatic heterocycles. The molecule has 0 bridgehead atoms. The maximum atomic E-state index is 13.0. The van der Waals surface area contributed by atoms with Gasteiger partial charge in [0.1, 0.15) is 27.8 Å². The van der Waals surface area contributed by atoms with Crippen LogP contribution in [-0.2, 0) is 38.3 Å². The molecule has 3 atom stereocenters. The van der Waals surface area contributed by atoms with Crippen molar-refractivity contribution in [2.45, 2.75) is 106 Å². The van der Waals surface area contributed by atoms with Gasteiger partial charge in [-0.3, -0.25) is 20.1 Å². The lowest BCUT2D eigenvalue weighted by atomic mass is 9.98. The summed E-state index contributed by atoms with van der Waals surface area (Å²) in [5, 5.41) is 5.46. The van der Waals surface area contributed by atoms with Crippen LogP contribution >= 0.6 is 51.2 Å². The molecule has 20 heteroatoms. The SMILES string of the molecule is CSc1cnc(CCC(C)CCc2cnc(-c3cn[nH]c3C(F)(F)F)cn2)nc1.CSc1cnc(CCC(C)CCc2cnc(Br)cn2)nc1.CSc1cnc(CCC(C)CN)nc1. The second-order valence-electron chi connectivity index (χ2n) is 15.2. The van der Waals surface area contributed by atoms with Crippen LogP contribution in [0.4, 0.5) is 13.2 Å². The molecule has 6 aromatic rings. The maximum absolute atomic E-state index is 13.0. The number of hydrogen-bond donors (Lipinski definition) is 2. The Morgan fingerprint density at radius 3 is 1.30 bits per heavy atom. The van der Waals surface area contributed by atoms with Gasteiger partial charge in [-0.05, 0) is 104 Å². The minimum absolute atomic E-state index is 0.0996. The van der Waals surface area contributed by atoms with Gasteiger partial charge in [-0.2, -0.15) is 18.3 Å². The van der Waals surface area contributed by atoms with Crippen LogP contribution in [-0.4, -0.2) is 85.3 Å². The van der Waals surface area contributed by atoms with Crippen molar-refractivity contribution in [3.8, 4) is 11.3 Å². The van der Waals surface area contributed by atoms with Crippen LogP contribution in [0.15, 0.2) is 87.5 Å². The highest BCUT2D eigenvalue weighted by molar-refractivity contribution is 9.10. The van der Waals surface area contributed by atoms with E-state index in [0.717, 1.165) is 119 Å². The number of aromatic nitrogens is 12. The molecule has 64 heavy (non-hydrogen) atoms. The number of aromatic amines is 1. The summed E-state index contributed by atoms with van der Waals surface area (Å²) in [6, 6.07) is 0. The molecule has 0 saturated carbocycles. The first-order valence-electron chi connectivity index (χ1n) is 20.9. The van der Waals surface area contributed by atoms with Crippen LogP contribution in [0.5, 0.6) is 0 Å². The maximum Gasteiger partial charge on any atom is 0.433 e. The molecule has 0 amide bonds. The summed E-state index contributed by atoms with van der Waals surface area (Å²) in [4.78, 5) is 46.3. The molecule has 0 fully saturated rings. The van der Waals surface area contributed by atoms with Gasteiger partial charge in [0.25, 0.3) is 0 Å². The van der Waals surface area contributed by atoms with E-state index in [9.17, 15) is 13.2 Å². The van der Waals surface area contributed by atoms with E-state index in [1.54, 1.807) is 41.5 Å². The molecule has 6 aromatic heterocycles. The molecular weight excluding hydrogens is 944 g/mol. The first kappa shape index (κ1) is 52.5. The Morgan fingerprint density at radius 1 is 0.531 bits per heavy atom. The van der Waals surface area contributed by atoms with E-state index >= 15 is 0 Å². The third kappa shape index (κ3) is 19.2. The quantitative estimate of drug-likeness (QED) is 0.0688. The van der Waals surface area contributed by atoms with Gasteiger partial charge in [0.05, 0.1) is 41.2 Å². The summed E-state index contributed by atoms with van der Waals surface area (Å²) in [6.07, 6.45) is 29.8. The predicted molar refractivity (Wildman–Crippen MR) is 254 cm³/mol. The minimum atomic E-state index is -4.51. The zero-order valence-corrected chi connectivity index (χ0v) is 41.1. The summed E-state index contributed by atoms with van der Waals surface area (Å²) >= 11 is 8.24. The first-order valence-corrected chi connectivity index (χ1v) is 25.4. The van der Waals surface area contributed by atoms with Crippen molar-refractivity contribution < 1.29 is 13.2 Å². The lowest BCUT2D eigenvalue weighted by Gasteiger charge is -2.11. The molecule has 13 nitrogen and oxygen atoms in total. The molecule has 3 unspecified atom stereocenters. The number of rotatable bonds is 20. The number of alkyl halides is 3. The molecule has 0 radical (unpaired) electrons. The Balaban J connectivity index is 0.000000225. The fraction of sp³-hybridized carbons (Fsp3) is 0.477. The van der Waals surface area contributed by atoms with Crippen molar-refractivity contribution in [1.82, 2.24) is 60.0 Å². The Kier molecular flexibility index (Phi) is 23.0. The van der Waals surface area contributed by atoms with E-state index in [2.05, 4.69) is 91.6 Å². The van der Waals surface area contributed by atoms with Gasteiger partial charge in [0, 0.05) is 83.5 Å². The number of nitrogens with zero attached hydrogens (tertiary/aromatic N) is 11. The number of thioether (sulfide) groups is 3. The predicted octanol–water partition coefficient (Wildman–Crippen LogP) is 10.3. The van der Waals surface area contributed by atoms with Crippen LogP contribution in [0.2, 0.25) is 0 Å². The van der Waals surface area contributed by atoms with E-state index in [1.807, 2.05) is 67.2 Å². The summed E-state index contributed by atoms with van der Waals surface area (Å²) in [7, 11) is 0. The molecule has 3 N–H and O–H groups in total. The van der Waals surface area contributed by atoms with Crippen molar-refractivity contribution in [1.29, 1.82) is 0 Å². The molecule has 6 rings (SSSR count). The minimum Gasteiger partial charge on any atom is -0.330 e. The zero-order valence-electron chi connectivity index (χ0n) is 37.1. The lowest BCUT2D eigenvalue weighted by Crippen LogP contribution is -2.12. The van der Waals surface area contributed by atoms with Crippen LogP contribution in [0.3, 0.4) is 0 Å². The van der Waals surface area contributed by atoms with Gasteiger partial charge < -0.3 is 5.73 Å². The molecule has 0 spiro atoms. The van der Waals surface area contributed by atoms with Crippen molar-refractivity contribution >= 4 is 51.2 Å². The fourth-order valence-electron chi connectivity index (χ4n) is 5.84. The van der Waals surface area contributed by atoms with Crippen molar-refractivity contribution in [2.24, 2.45) is 23.5 Å². The average molecular weight is 1000 g/mol. The molecular formula is C44H57BrF3N13S3. The first-order chi connectivity index (χ1) is 30.8. The molecule has 6 heterocycles. The van der Waals surface area contributed by atoms with Gasteiger partial charge in [0.15, 0.2) is 0 Å². The van der Waals surface area contributed by atoms with Crippen LogP contribution in [0.25, 0.3) is 11.3 Å². The van der Waals surface area contributed by atoms with Crippen molar-refractivity contribution in [3.05, 3.63) is 107 Å². The molecule has 0 aromatic carbocycles. The second kappa shape index (κ2) is 28.0. The van der Waals surface area contributed by atoms with Gasteiger partial charge in [-0.15, -0.1) is 35.3 Å². The molecule has 0 saturated heterocycles. The van der Waals surface area contributed by atoms with Crippen LogP contribution in [0, 0.1) is 17.8 Å². The van der Waals surface area contributed by atoms with Crippen LogP contribution < -0.4 is 5.73 Å². The van der Waals surface area contributed by atoms with Gasteiger partial charge >= 0.3 is 6.18 Å². The number of nitrogens with one attached hydrogen (secondary N) is 1. The van der Waals surface area contributed by atoms with E-state index in [1.165, 1.54) is 12.4 Å². The van der Waals surface area contributed by atoms with E-state index in [-0.39, 0.29) is 11.3 Å². The van der Waals surface area contributed by atoms with Crippen molar-refractivity contribution in [2.75, 3.05) is 25.3 Å². The smallest absolute Gasteiger partial charge is 0.330 e. The topological polar surface area (TPSA) is 184 Å². The standard InChI is InChI=1S/C19H21F3N6S.C15H19BrN4S.C10H17N3S/c1-12(4-6-17-25-8-14(29-2)9-26-17)3-5-13-7-24-16(11-23-13)15-10-27-28-18(15)19(20,21)22;1-11(3-5-12-7-18-14(16)10-17-12)4-6-15-19-8-13(21-2)9-20-15;1-8(5-11)3-4-10-12-6-9(14-2)7-13-10/h7-12H,3-6H2,1-2H3,(H,27,28);7-11H,3-6H2,1-2H3;6-8H,3-5,11H2,1-2H3. The number of hydrogen-bond acceptors (Lipinski definition) is 15. The Labute approximate surface area is 395 Å². The molecule has 0 aliphatic rings. The van der Waals surface area contributed by atoms with Gasteiger partial charge in [0.2, 0.25) is 0 Å². The Bertz CT molecular complexity index is 2180. The normalized spacial score (nSPS) is 12.7. The summed E-state index contributed by atoms with van der Waals surface area (Å²) in [6.45, 7) is 7.31. The highest BCUT2D eigenvalue weighted by Gasteiger charge is 2.36. The number of H-pyrrole nitrogens is 1. The Hall–Kier alpha value is -4.11. The highest BCUT2D eigenvalue weighted by Crippen LogP contribution is 2.34. The van der Waals surface area contributed by atoms with Gasteiger partial charge in [-0.25, -0.2) is 34.9 Å². The fourth-order valence-corrected chi connectivity index (χ4v) is 6.99. The highest BCUT2D eigenvalue weighted by atomic mass is 79.9. The summed E-state index contributed by atoms with van der Waals surface area (Å²) in [5.74, 6) is 4.30. The number of halogens is 4. The lowest BCUT2D eigenvalue weighted by molar-refractivity contribution is -0.140. The van der Waals surface area contributed by atoms with Crippen LogP contribution in [0.1, 0.15) is 87.4 Å². The second-order valence-corrected chi connectivity index (χ2v) is 18.7. The third-order valence-corrected chi connectivity index (χ3v) is 12.6. The largest absolute Gasteiger partial charge is 0.433 e. The Morgan fingerprint density at radius 2 is 0.938 bits per heavy atom. The molecule has 0 aliphatic carbocycles. The number of nitrogens with two attached hydrogens (primary N) is 1. The summed E-state index contributed by atoms with van der Waals surface area (Å²) in [5.41, 5.74) is 6.46. The summed E-state index contributed by atoms with van der Waals surface area (Å²) < 4.78 is 39.7. The number of aryl methyl sites for hydroxylation is 5. The van der Waals surface area contributed by atoms with E-state index in [4.69, 9.17) is 5.73 Å². The van der Waals surface area contributed by atoms with Crippen molar-refractivity contribution in [3.63, 3.8) is 0 Å². The van der Waals surface area contributed by atoms with Gasteiger partial charge in [-0.1, -0.05) is 20.8 Å². The van der Waals surface area contributed by atoms with E-state index < -0.39 is 11.9 Å². The zero-order chi connectivity index (χ0) is 46.3. The monoisotopic (exact) mass is 999 g/mol.